The molecule has 0 spiro atoms. The van der Waals surface area contributed by atoms with Crippen molar-refractivity contribution >= 4 is 10.9 Å². The van der Waals surface area contributed by atoms with Crippen molar-refractivity contribution in [2.24, 2.45) is 0 Å². The van der Waals surface area contributed by atoms with E-state index < -0.39 is 0 Å². The molecular formula is C27H34N6O. The van der Waals surface area contributed by atoms with Gasteiger partial charge in [-0.25, -0.2) is 4.68 Å². The number of hydrogen-bond donors (Lipinski definition) is 1. The van der Waals surface area contributed by atoms with Crippen molar-refractivity contribution in [3.8, 4) is 0 Å². The molecule has 2 aromatic heterocycles. The number of pyridine rings is 1. The fraction of sp³-hybridized carbons (Fsp3) is 0.407. The molecule has 2 heterocycles. The van der Waals surface area contributed by atoms with Gasteiger partial charge in [0, 0.05) is 24.2 Å². The predicted molar refractivity (Wildman–Crippen MR) is 136 cm³/mol. The maximum atomic E-state index is 13.0. The molecule has 7 nitrogen and oxygen atoms in total. The highest BCUT2D eigenvalue weighted by molar-refractivity contribution is 5.79. The first kappa shape index (κ1) is 23.8. The Hall–Kier alpha value is -3.32. The Bertz CT molecular complexity index is 1330. The van der Waals surface area contributed by atoms with Crippen LogP contribution in [0.15, 0.2) is 53.3 Å². The summed E-state index contributed by atoms with van der Waals surface area (Å²) in [6.45, 7) is 13.8. The minimum atomic E-state index is -0.250. The maximum Gasteiger partial charge on any atom is 0.252 e. The van der Waals surface area contributed by atoms with E-state index in [9.17, 15) is 4.79 Å². The third-order valence-electron chi connectivity index (χ3n) is 6.21. The zero-order chi connectivity index (χ0) is 24.5. The Balaban J connectivity index is 1.77. The summed E-state index contributed by atoms with van der Waals surface area (Å²) in [5.41, 5.74) is 4.85. The van der Waals surface area contributed by atoms with Gasteiger partial charge in [0.05, 0.1) is 11.6 Å². The number of benzene rings is 2. The van der Waals surface area contributed by atoms with Crippen LogP contribution >= 0.6 is 0 Å². The molecule has 1 atom stereocenters. The smallest absolute Gasteiger partial charge is 0.252 e. The van der Waals surface area contributed by atoms with Gasteiger partial charge in [-0.3, -0.25) is 9.69 Å². The average Bonchev–Trinajstić information content (AvgIpc) is 3.27. The molecule has 0 aliphatic heterocycles. The van der Waals surface area contributed by atoms with Gasteiger partial charge in [-0.2, -0.15) is 0 Å². The molecule has 4 rings (SSSR count). The lowest BCUT2D eigenvalue weighted by Gasteiger charge is -2.32. The quantitative estimate of drug-likeness (QED) is 0.420. The van der Waals surface area contributed by atoms with Gasteiger partial charge in [-0.05, 0) is 80.6 Å². The van der Waals surface area contributed by atoms with E-state index in [2.05, 4.69) is 97.3 Å². The summed E-state index contributed by atoms with van der Waals surface area (Å²) in [5, 5.41) is 13.8. The Kier molecular flexibility index (Phi) is 6.66. The second kappa shape index (κ2) is 9.50. The molecular weight excluding hydrogens is 424 g/mol. The number of rotatable bonds is 7. The fourth-order valence-corrected chi connectivity index (χ4v) is 4.40. The number of aryl methyl sites for hydroxylation is 2. The third-order valence-corrected chi connectivity index (χ3v) is 6.21. The van der Waals surface area contributed by atoms with Gasteiger partial charge in [0.1, 0.15) is 0 Å². The van der Waals surface area contributed by atoms with Crippen LogP contribution in [-0.4, -0.2) is 30.1 Å². The van der Waals surface area contributed by atoms with Crippen molar-refractivity contribution in [3.63, 3.8) is 0 Å². The molecule has 4 aromatic rings. The largest absolute Gasteiger partial charge is 0.322 e. The first-order valence-electron chi connectivity index (χ1n) is 11.9. The summed E-state index contributed by atoms with van der Waals surface area (Å²) in [6, 6.07) is 16.6. The fourth-order valence-electron chi connectivity index (χ4n) is 4.40. The van der Waals surface area contributed by atoms with Gasteiger partial charge < -0.3 is 4.98 Å². The molecule has 34 heavy (non-hydrogen) atoms. The Morgan fingerprint density at radius 1 is 1.00 bits per heavy atom. The van der Waals surface area contributed by atoms with E-state index in [4.69, 9.17) is 0 Å². The first-order valence-corrected chi connectivity index (χ1v) is 11.9. The van der Waals surface area contributed by atoms with Crippen molar-refractivity contribution < 1.29 is 0 Å². The summed E-state index contributed by atoms with van der Waals surface area (Å²) >= 11 is 0. The van der Waals surface area contributed by atoms with Crippen LogP contribution < -0.4 is 5.56 Å². The van der Waals surface area contributed by atoms with Crippen LogP contribution in [0.1, 0.15) is 68.2 Å². The highest BCUT2D eigenvalue weighted by Crippen LogP contribution is 2.29. The number of hydrogen-bond acceptors (Lipinski definition) is 5. The highest BCUT2D eigenvalue weighted by atomic mass is 16.1. The van der Waals surface area contributed by atoms with Gasteiger partial charge >= 0.3 is 0 Å². The Morgan fingerprint density at radius 3 is 2.38 bits per heavy atom. The topological polar surface area (TPSA) is 79.7 Å². The summed E-state index contributed by atoms with van der Waals surface area (Å²) in [6.07, 6.45) is 0.812. The zero-order valence-electron chi connectivity index (χ0n) is 21.0. The van der Waals surface area contributed by atoms with Gasteiger partial charge in [0.25, 0.3) is 5.56 Å². The van der Waals surface area contributed by atoms with E-state index in [1.54, 1.807) is 0 Å². The van der Waals surface area contributed by atoms with Crippen molar-refractivity contribution in [3.05, 3.63) is 87.0 Å². The average molecular weight is 459 g/mol. The Labute approximate surface area is 200 Å². The van der Waals surface area contributed by atoms with E-state index in [0.29, 0.717) is 13.1 Å². The molecule has 1 N–H and O–H groups in total. The standard InChI is InChI=1S/C27H34N6O/c1-7-24(25-29-30-31-33(25)27(4,5)6)32(16-20-11-8-18(2)9-12-20)17-22-15-21-14-19(3)10-13-23(21)28-26(22)34/h8-15,24H,7,16-17H2,1-6H3,(H,28,34). The van der Waals surface area contributed by atoms with E-state index in [0.717, 1.165) is 34.3 Å². The molecule has 178 valence electrons. The van der Waals surface area contributed by atoms with Crippen LogP contribution in [0.3, 0.4) is 0 Å². The van der Waals surface area contributed by atoms with Crippen LogP contribution in [0.25, 0.3) is 10.9 Å². The lowest BCUT2D eigenvalue weighted by Crippen LogP contribution is -2.35. The monoisotopic (exact) mass is 458 g/mol. The van der Waals surface area contributed by atoms with E-state index in [-0.39, 0.29) is 17.1 Å². The minimum absolute atomic E-state index is 0.0527. The molecule has 0 saturated heterocycles. The van der Waals surface area contributed by atoms with Gasteiger partial charge in [-0.15, -0.1) is 5.10 Å². The number of H-pyrrole nitrogens is 1. The van der Waals surface area contributed by atoms with Crippen LogP contribution in [-0.2, 0) is 18.6 Å². The van der Waals surface area contributed by atoms with Gasteiger partial charge in [0.15, 0.2) is 5.82 Å². The molecule has 0 fully saturated rings. The van der Waals surface area contributed by atoms with Crippen LogP contribution in [0.2, 0.25) is 0 Å². The molecule has 7 heteroatoms. The second-order valence-corrected chi connectivity index (χ2v) is 10.1. The molecule has 0 saturated carbocycles. The van der Waals surface area contributed by atoms with Crippen molar-refractivity contribution in [1.82, 2.24) is 30.1 Å². The number of aromatic amines is 1. The molecule has 0 aliphatic rings. The number of nitrogens with one attached hydrogen (secondary N) is 1. The molecule has 0 amide bonds. The van der Waals surface area contributed by atoms with Gasteiger partial charge in [-0.1, -0.05) is 48.4 Å². The van der Waals surface area contributed by atoms with Crippen molar-refractivity contribution in [2.45, 2.75) is 72.6 Å². The third kappa shape index (κ3) is 5.09. The van der Waals surface area contributed by atoms with Crippen molar-refractivity contribution in [1.29, 1.82) is 0 Å². The van der Waals surface area contributed by atoms with E-state index in [1.807, 2.05) is 22.9 Å². The number of nitrogens with zero attached hydrogens (tertiary/aromatic N) is 5. The summed E-state index contributed by atoms with van der Waals surface area (Å²) in [5.74, 6) is 0.815. The number of tetrazole rings is 1. The maximum absolute atomic E-state index is 13.0. The van der Waals surface area contributed by atoms with Crippen molar-refractivity contribution in [2.75, 3.05) is 0 Å². The summed E-state index contributed by atoms with van der Waals surface area (Å²) < 4.78 is 1.90. The van der Waals surface area contributed by atoms with Gasteiger partial charge in [0.2, 0.25) is 0 Å². The van der Waals surface area contributed by atoms with Crippen LogP contribution in [0, 0.1) is 13.8 Å². The molecule has 0 radical (unpaired) electrons. The normalized spacial score (nSPS) is 13.0. The molecule has 1 unspecified atom stereocenters. The summed E-state index contributed by atoms with van der Waals surface area (Å²) in [7, 11) is 0. The molecule has 2 aromatic carbocycles. The lowest BCUT2D eigenvalue weighted by atomic mass is 10.0. The molecule has 0 aliphatic carbocycles. The Morgan fingerprint density at radius 2 is 1.71 bits per heavy atom. The number of aromatic nitrogens is 5. The van der Waals surface area contributed by atoms with Crippen LogP contribution in [0.5, 0.6) is 0 Å². The predicted octanol–water partition coefficient (Wildman–Crippen LogP) is 5.04. The second-order valence-electron chi connectivity index (χ2n) is 10.1. The highest BCUT2D eigenvalue weighted by Gasteiger charge is 2.29. The van der Waals surface area contributed by atoms with Crippen LogP contribution in [0.4, 0.5) is 0 Å². The first-order chi connectivity index (χ1) is 16.2. The molecule has 0 bridgehead atoms. The SMILES string of the molecule is CCC(c1nnnn1C(C)(C)C)N(Cc1ccc(C)cc1)Cc1cc2cc(C)ccc2[nH]c1=O. The van der Waals surface area contributed by atoms with E-state index in [1.165, 1.54) is 11.1 Å². The zero-order valence-corrected chi connectivity index (χ0v) is 21.0. The lowest BCUT2D eigenvalue weighted by molar-refractivity contribution is 0.153. The summed E-state index contributed by atoms with van der Waals surface area (Å²) in [4.78, 5) is 18.4. The number of fused-ring (bicyclic) bond motifs is 1. The van der Waals surface area contributed by atoms with E-state index >= 15 is 0 Å². The minimum Gasteiger partial charge on any atom is -0.322 e.